The Morgan fingerprint density at radius 1 is 0.598 bits per heavy atom. The van der Waals surface area contributed by atoms with Gasteiger partial charge < -0.3 is 19.1 Å². The van der Waals surface area contributed by atoms with Crippen molar-refractivity contribution in [2.45, 2.75) is 53.9 Å². The summed E-state index contributed by atoms with van der Waals surface area (Å²) in [5.74, 6) is 0. The number of pyridine rings is 2. The van der Waals surface area contributed by atoms with Crippen LogP contribution in [0.1, 0.15) is 59.0 Å². The van der Waals surface area contributed by atoms with E-state index in [1.54, 1.807) is 12.3 Å². The van der Waals surface area contributed by atoms with E-state index in [1.165, 1.54) is 76.1 Å². The van der Waals surface area contributed by atoms with E-state index < -0.39 is 5.41 Å². The molecule has 407 valence electrons. The molecule has 5 heterocycles. The minimum atomic E-state index is -0.567. The zero-order valence-corrected chi connectivity index (χ0v) is 50.7. The molecule has 1 radical (unpaired) electrons. The van der Waals surface area contributed by atoms with Gasteiger partial charge in [0, 0.05) is 87.8 Å². The summed E-state index contributed by atoms with van der Waals surface area (Å²) < 4.78 is 4.72. The van der Waals surface area contributed by atoms with Crippen LogP contribution in [-0.4, -0.2) is 25.8 Å². The Labute approximate surface area is 501 Å². The molecule has 0 saturated carbocycles. The summed E-state index contributed by atoms with van der Waals surface area (Å²) in [6.07, 6.45) is 14.2. The van der Waals surface area contributed by atoms with Crippen molar-refractivity contribution >= 4 is 39.9 Å². The Bertz CT molecular complexity index is 4030. The number of hydrogen-bond acceptors (Lipinski definition) is 4. The third-order valence-corrected chi connectivity index (χ3v) is 16.2. The molecule has 0 N–H and O–H groups in total. The second-order valence-electron chi connectivity index (χ2n) is 20.3. The number of aliphatic imine (C=N–C) groups is 1. The average Bonchev–Trinajstić information content (AvgIpc) is 3.38. The van der Waals surface area contributed by atoms with Crippen LogP contribution in [0, 0.1) is 39.8 Å². The van der Waals surface area contributed by atoms with Crippen molar-refractivity contribution in [1.82, 2.24) is 19.1 Å². The van der Waals surface area contributed by atoms with E-state index >= 15 is 0 Å². The first-order chi connectivity index (χ1) is 39.5. The minimum Gasteiger partial charge on any atom is -0.316 e. The van der Waals surface area contributed by atoms with Gasteiger partial charge in [-0.05, 0) is 136 Å². The van der Waals surface area contributed by atoms with Crippen LogP contribution in [0.5, 0.6) is 0 Å². The maximum Gasteiger partial charge on any atom is 0.0648 e. The van der Waals surface area contributed by atoms with Gasteiger partial charge in [0.1, 0.15) is 0 Å². The van der Waals surface area contributed by atoms with Crippen LogP contribution in [-0.2, 0) is 25.5 Å². The molecule has 0 saturated heterocycles. The van der Waals surface area contributed by atoms with E-state index in [1.807, 2.05) is 86.0 Å². The van der Waals surface area contributed by atoms with E-state index in [2.05, 4.69) is 249 Å². The summed E-state index contributed by atoms with van der Waals surface area (Å²) >= 11 is 1.82. The number of thiophene rings is 1. The SMILES string of the molecule is C=CC(=C\C)/C(=C/C)N=C.Cc1cc(-c2c[c-]c(-c3ccc(-c4sc(C)cc4C)cn3)cc2C)cc(C(C)(c2cn(-c3ccccc3)c3ccccc23)c2cn(-c3ccccc3)c3ccccc23)c1.[Ir].[c-]1ccccc1-c1ccccn1. The summed E-state index contributed by atoms with van der Waals surface area (Å²) in [4.78, 5) is 15.6. The molecule has 0 aliphatic rings. The Balaban J connectivity index is 0.000000294. The fraction of sp³-hybridized carbons (Fsp3) is 0.107. The molecule has 12 rings (SSSR count). The van der Waals surface area contributed by atoms with Gasteiger partial charge in [-0.2, -0.15) is 0 Å². The number of rotatable bonds is 12. The van der Waals surface area contributed by atoms with Gasteiger partial charge in [-0.25, -0.2) is 0 Å². The quantitative estimate of drug-likeness (QED) is 0.0695. The second kappa shape index (κ2) is 26.2. The van der Waals surface area contributed by atoms with E-state index in [0.717, 1.165) is 50.7 Å². The Morgan fingerprint density at radius 2 is 1.21 bits per heavy atom. The standard InChI is InChI=1S/C55H44N3S.C11H8N.C9H13N.Ir/c1-36-28-42(46-26-24-40(31-37(46)2)51-27-25-41(33-56-51)54-38(3)30-39(4)59-54)32-43(29-36)55(5,49-34-57(44-16-8-6-9-17-44)52-22-14-12-20-47(49)52)50-35-58(45-18-10-7-11-19-45)53-23-15-13-21-48(50)53;1-2-6-10(7-3-1)11-8-4-5-9-12-11;1-5-8(6-2)9(7-3)10-4;/h6-23,25-35H,1-5H3;1-6,8-9H;5-7H,1,4H2,2-3H3;/q2*-1;;/b;;8-6+,9-7-;. The molecule has 0 atom stereocenters. The van der Waals surface area contributed by atoms with Crippen LogP contribution in [0.15, 0.2) is 266 Å². The van der Waals surface area contributed by atoms with Crippen molar-refractivity contribution in [3.8, 4) is 55.5 Å². The number of para-hydroxylation sites is 4. The number of aromatic nitrogens is 4. The molecule has 0 aliphatic carbocycles. The molecule has 0 unspecified atom stereocenters. The van der Waals surface area contributed by atoms with Crippen molar-refractivity contribution < 1.29 is 20.1 Å². The molecule has 7 aromatic carbocycles. The van der Waals surface area contributed by atoms with Gasteiger partial charge in [0.2, 0.25) is 0 Å². The molecule has 82 heavy (non-hydrogen) atoms. The van der Waals surface area contributed by atoms with Gasteiger partial charge in [0.25, 0.3) is 0 Å². The third-order valence-electron chi connectivity index (χ3n) is 15.0. The molecular formula is C75H65IrN5S-2. The molecule has 12 aromatic rings. The average molecular weight is 1260 g/mol. The third kappa shape index (κ3) is 12.1. The van der Waals surface area contributed by atoms with Crippen molar-refractivity contribution in [2.24, 2.45) is 4.99 Å². The maximum absolute atomic E-state index is 4.92. The first-order valence-corrected chi connectivity index (χ1v) is 28.2. The fourth-order valence-electron chi connectivity index (χ4n) is 10.9. The van der Waals surface area contributed by atoms with Crippen LogP contribution < -0.4 is 0 Å². The zero-order chi connectivity index (χ0) is 56.5. The predicted octanol–water partition coefficient (Wildman–Crippen LogP) is 19.7. The maximum atomic E-state index is 4.92. The number of benzene rings is 7. The van der Waals surface area contributed by atoms with Crippen LogP contribution >= 0.6 is 11.3 Å². The summed E-state index contributed by atoms with van der Waals surface area (Å²) in [6, 6.07) is 77.6. The summed E-state index contributed by atoms with van der Waals surface area (Å²) in [7, 11) is 0. The van der Waals surface area contributed by atoms with E-state index in [0.29, 0.717) is 0 Å². The van der Waals surface area contributed by atoms with Crippen LogP contribution in [0.2, 0.25) is 0 Å². The molecule has 0 bridgehead atoms. The molecular weight excluding hydrogens is 1200 g/mol. The van der Waals surface area contributed by atoms with Crippen molar-refractivity contribution in [2.75, 3.05) is 0 Å². The van der Waals surface area contributed by atoms with Gasteiger partial charge in [-0.1, -0.05) is 164 Å². The zero-order valence-electron chi connectivity index (χ0n) is 47.5. The van der Waals surface area contributed by atoms with E-state index in [9.17, 15) is 0 Å². The molecule has 7 heteroatoms. The predicted molar refractivity (Wildman–Crippen MR) is 344 cm³/mol. The fourth-order valence-corrected chi connectivity index (χ4v) is 11.9. The minimum absolute atomic E-state index is 0. The van der Waals surface area contributed by atoms with Crippen molar-refractivity contribution in [3.63, 3.8) is 0 Å². The molecule has 5 nitrogen and oxygen atoms in total. The number of hydrogen-bond donors (Lipinski definition) is 0. The van der Waals surface area contributed by atoms with Gasteiger partial charge in [-0.15, -0.1) is 76.6 Å². The number of aryl methyl sites for hydroxylation is 4. The van der Waals surface area contributed by atoms with Gasteiger partial charge >= 0.3 is 0 Å². The normalized spacial score (nSPS) is 11.5. The van der Waals surface area contributed by atoms with Gasteiger partial charge in [0.15, 0.2) is 0 Å². The molecule has 0 amide bonds. The van der Waals surface area contributed by atoms with Crippen molar-refractivity contribution in [3.05, 3.63) is 311 Å². The van der Waals surface area contributed by atoms with Crippen LogP contribution in [0.3, 0.4) is 0 Å². The monoisotopic (exact) mass is 1260 g/mol. The van der Waals surface area contributed by atoms with Crippen LogP contribution in [0.25, 0.3) is 77.3 Å². The number of nitrogens with zero attached hydrogens (tertiary/aromatic N) is 5. The van der Waals surface area contributed by atoms with Crippen LogP contribution in [0.4, 0.5) is 0 Å². The summed E-state index contributed by atoms with van der Waals surface area (Å²) in [6.45, 7) is 22.2. The smallest absolute Gasteiger partial charge is 0.0648 e. The Morgan fingerprint density at radius 3 is 1.71 bits per heavy atom. The topological polar surface area (TPSA) is 48.0 Å². The largest absolute Gasteiger partial charge is 0.316 e. The Hall–Kier alpha value is -8.84. The number of fused-ring (bicyclic) bond motifs is 2. The first kappa shape index (κ1) is 57.8. The van der Waals surface area contributed by atoms with E-state index in [4.69, 9.17) is 4.98 Å². The molecule has 0 fully saturated rings. The summed E-state index contributed by atoms with van der Waals surface area (Å²) in [5, 5.41) is 2.46. The first-order valence-electron chi connectivity index (χ1n) is 27.3. The van der Waals surface area contributed by atoms with Gasteiger partial charge in [0.05, 0.1) is 16.7 Å². The number of allylic oxidation sites excluding steroid dienone is 3. The molecule has 5 aromatic heterocycles. The van der Waals surface area contributed by atoms with E-state index in [-0.39, 0.29) is 20.1 Å². The van der Waals surface area contributed by atoms with Crippen molar-refractivity contribution in [1.29, 1.82) is 0 Å². The molecule has 0 aliphatic heterocycles. The molecule has 0 spiro atoms. The Kier molecular flexibility index (Phi) is 18.5. The summed E-state index contributed by atoms with van der Waals surface area (Å²) in [5.41, 5.74) is 20.9. The second-order valence-corrected chi connectivity index (χ2v) is 21.5. The van der Waals surface area contributed by atoms with Gasteiger partial charge in [-0.3, -0.25) is 4.99 Å².